The molecule has 0 fully saturated rings. The molecule has 0 radical (unpaired) electrons. The Bertz CT molecular complexity index is 1110. The maximum atomic E-state index is 11.8. The number of fused-ring (bicyclic) bond motifs is 2. The van der Waals surface area contributed by atoms with Crippen LogP contribution in [0.15, 0.2) is 53.5 Å². The largest absolute Gasteiger partial charge is 0.346 e. The third-order valence-electron chi connectivity index (χ3n) is 4.80. The highest BCUT2D eigenvalue weighted by Gasteiger charge is 2.08. The van der Waals surface area contributed by atoms with Crippen LogP contribution in [0.25, 0.3) is 33.1 Å². The number of nitrogens with zero attached hydrogens (tertiary/aromatic N) is 3. The molecule has 0 aliphatic carbocycles. The summed E-state index contributed by atoms with van der Waals surface area (Å²) in [5.41, 5.74) is 5.22. The summed E-state index contributed by atoms with van der Waals surface area (Å²) < 4.78 is 3.94. The molecule has 25 heavy (non-hydrogen) atoms. The van der Waals surface area contributed by atoms with Gasteiger partial charge in [0.2, 0.25) is 0 Å². The molecule has 2 heterocycles. The lowest BCUT2D eigenvalue weighted by Gasteiger charge is -2.12. The third-order valence-corrected chi connectivity index (χ3v) is 4.80. The summed E-state index contributed by atoms with van der Waals surface area (Å²) in [5, 5.41) is 1.25. The van der Waals surface area contributed by atoms with Gasteiger partial charge in [0.05, 0.1) is 11.0 Å². The first-order valence-electron chi connectivity index (χ1n) is 8.46. The molecule has 0 saturated carbocycles. The lowest BCUT2D eigenvalue weighted by molar-refractivity contribution is 0.387. The van der Waals surface area contributed by atoms with E-state index in [1.807, 2.05) is 6.07 Å². The average Bonchev–Trinajstić information content (AvgIpc) is 3.13. The third kappa shape index (κ3) is 2.76. The van der Waals surface area contributed by atoms with Crippen molar-refractivity contribution in [2.24, 2.45) is 7.05 Å². The zero-order valence-corrected chi connectivity index (χ0v) is 14.8. The van der Waals surface area contributed by atoms with Gasteiger partial charge in [-0.15, -0.1) is 0 Å². The summed E-state index contributed by atoms with van der Waals surface area (Å²) in [5.74, 6) is 0. The molecule has 0 amide bonds. The zero-order valence-electron chi connectivity index (χ0n) is 14.8. The fourth-order valence-electron chi connectivity index (χ4n) is 3.27. The van der Waals surface area contributed by atoms with E-state index in [2.05, 4.69) is 71.1 Å². The van der Waals surface area contributed by atoms with Crippen LogP contribution in [0.5, 0.6) is 0 Å². The summed E-state index contributed by atoms with van der Waals surface area (Å²) in [4.78, 5) is 16.9. The van der Waals surface area contributed by atoms with E-state index < -0.39 is 0 Å². The quantitative estimate of drug-likeness (QED) is 0.623. The fraction of sp³-hybridized carbons (Fsp3) is 0.250. The average molecular weight is 334 g/mol. The van der Waals surface area contributed by atoms with Crippen LogP contribution in [0.4, 0.5) is 0 Å². The molecule has 0 aliphatic heterocycles. The number of imidazole rings is 1. The van der Waals surface area contributed by atoms with Crippen LogP contribution in [0, 0.1) is 0 Å². The summed E-state index contributed by atoms with van der Waals surface area (Å²) in [6.07, 6.45) is 2.15. The number of likely N-dealkylation sites (N-methyl/N-ethyl adjacent to an activating group) is 1. The van der Waals surface area contributed by atoms with Crippen molar-refractivity contribution in [3.05, 3.63) is 59.1 Å². The number of aromatic amines is 1. The molecule has 5 nitrogen and oxygen atoms in total. The highest BCUT2D eigenvalue weighted by atomic mass is 16.1. The normalized spacial score (nSPS) is 11.8. The standard InChI is InChI=1S/C20H22N4O/c1-22(2)10-11-24-9-8-14-4-5-15(12-18(14)24)16-6-7-17-19(13-16)23(3)20(25)21-17/h4-9,12-13H,10-11H2,1-3H3,(H,21,25). The number of benzene rings is 2. The van der Waals surface area contributed by atoms with Crippen LogP contribution in [-0.2, 0) is 13.6 Å². The van der Waals surface area contributed by atoms with Gasteiger partial charge in [0.1, 0.15) is 0 Å². The van der Waals surface area contributed by atoms with Crippen LogP contribution in [0.2, 0.25) is 0 Å². The Morgan fingerprint density at radius 2 is 1.72 bits per heavy atom. The van der Waals surface area contributed by atoms with Gasteiger partial charge in [-0.25, -0.2) is 4.79 Å². The topological polar surface area (TPSA) is 46.0 Å². The Balaban J connectivity index is 1.79. The lowest BCUT2D eigenvalue weighted by atomic mass is 10.0. The number of aromatic nitrogens is 3. The van der Waals surface area contributed by atoms with Crippen molar-refractivity contribution in [1.82, 2.24) is 19.0 Å². The van der Waals surface area contributed by atoms with Crippen LogP contribution < -0.4 is 5.69 Å². The van der Waals surface area contributed by atoms with Crippen molar-refractivity contribution in [1.29, 1.82) is 0 Å². The van der Waals surface area contributed by atoms with E-state index in [4.69, 9.17) is 0 Å². The van der Waals surface area contributed by atoms with Crippen molar-refractivity contribution < 1.29 is 0 Å². The van der Waals surface area contributed by atoms with E-state index in [-0.39, 0.29) is 5.69 Å². The lowest BCUT2D eigenvalue weighted by Crippen LogP contribution is -2.17. The number of nitrogens with one attached hydrogen (secondary N) is 1. The van der Waals surface area contributed by atoms with Gasteiger partial charge in [0.25, 0.3) is 0 Å². The second-order valence-corrected chi connectivity index (χ2v) is 6.81. The molecule has 5 heteroatoms. The zero-order chi connectivity index (χ0) is 17.6. The van der Waals surface area contributed by atoms with E-state index in [1.165, 1.54) is 10.9 Å². The van der Waals surface area contributed by atoms with E-state index >= 15 is 0 Å². The first-order valence-corrected chi connectivity index (χ1v) is 8.46. The molecule has 4 aromatic rings. The Morgan fingerprint density at radius 3 is 2.48 bits per heavy atom. The molecule has 2 aromatic carbocycles. The Hall–Kier alpha value is -2.79. The van der Waals surface area contributed by atoms with Crippen molar-refractivity contribution in [3.63, 3.8) is 0 Å². The Morgan fingerprint density at radius 1 is 1.00 bits per heavy atom. The highest BCUT2D eigenvalue weighted by molar-refractivity contribution is 5.88. The van der Waals surface area contributed by atoms with Gasteiger partial charge in [0.15, 0.2) is 0 Å². The van der Waals surface area contributed by atoms with Crippen LogP contribution in [0.3, 0.4) is 0 Å². The smallest absolute Gasteiger partial charge is 0.326 e. The van der Waals surface area contributed by atoms with Gasteiger partial charge in [-0.3, -0.25) is 4.57 Å². The molecule has 0 aliphatic rings. The maximum Gasteiger partial charge on any atom is 0.326 e. The van der Waals surface area contributed by atoms with Crippen LogP contribution >= 0.6 is 0 Å². The molecule has 0 unspecified atom stereocenters. The van der Waals surface area contributed by atoms with E-state index in [0.29, 0.717) is 0 Å². The van der Waals surface area contributed by atoms with Crippen molar-refractivity contribution in [2.45, 2.75) is 6.54 Å². The van der Waals surface area contributed by atoms with Gasteiger partial charge >= 0.3 is 5.69 Å². The van der Waals surface area contributed by atoms with Crippen LogP contribution in [-0.4, -0.2) is 39.7 Å². The predicted octanol–water partition coefficient (Wildman–Crippen LogP) is 3.05. The number of hydrogen-bond acceptors (Lipinski definition) is 2. The van der Waals surface area contributed by atoms with Crippen molar-refractivity contribution in [3.8, 4) is 11.1 Å². The summed E-state index contributed by atoms with van der Waals surface area (Å²) in [6.45, 7) is 1.97. The number of aryl methyl sites for hydroxylation is 1. The first kappa shape index (κ1) is 15.7. The van der Waals surface area contributed by atoms with Crippen molar-refractivity contribution >= 4 is 21.9 Å². The van der Waals surface area contributed by atoms with Gasteiger partial charge in [-0.2, -0.15) is 0 Å². The minimum atomic E-state index is -0.0832. The molecule has 0 bridgehead atoms. The summed E-state index contributed by atoms with van der Waals surface area (Å²) in [6, 6.07) is 14.8. The molecule has 4 rings (SSSR count). The molecule has 0 atom stereocenters. The molecule has 2 aromatic heterocycles. The Kier molecular flexibility index (Phi) is 3.73. The molecule has 0 saturated heterocycles. The minimum absolute atomic E-state index is 0.0832. The second-order valence-electron chi connectivity index (χ2n) is 6.81. The van der Waals surface area contributed by atoms with Gasteiger partial charge < -0.3 is 14.5 Å². The molecule has 1 N–H and O–H groups in total. The van der Waals surface area contributed by atoms with Crippen molar-refractivity contribution in [2.75, 3.05) is 20.6 Å². The van der Waals surface area contributed by atoms with E-state index in [1.54, 1.807) is 11.6 Å². The molecule has 0 spiro atoms. The molecular weight excluding hydrogens is 312 g/mol. The SMILES string of the molecule is CN(C)CCn1ccc2ccc(-c3ccc4[nH]c(=O)n(C)c4c3)cc21. The Labute approximate surface area is 146 Å². The predicted molar refractivity (Wildman–Crippen MR) is 103 cm³/mol. The van der Waals surface area contributed by atoms with Gasteiger partial charge in [-0.1, -0.05) is 18.2 Å². The monoisotopic (exact) mass is 334 g/mol. The van der Waals surface area contributed by atoms with E-state index in [9.17, 15) is 4.79 Å². The van der Waals surface area contributed by atoms with E-state index in [0.717, 1.165) is 35.2 Å². The highest BCUT2D eigenvalue weighted by Crippen LogP contribution is 2.27. The minimum Gasteiger partial charge on any atom is -0.346 e. The number of hydrogen-bond donors (Lipinski definition) is 1. The fourth-order valence-corrected chi connectivity index (χ4v) is 3.27. The number of rotatable bonds is 4. The molecule has 128 valence electrons. The van der Waals surface area contributed by atoms with Gasteiger partial charge in [-0.05, 0) is 54.9 Å². The maximum absolute atomic E-state index is 11.8. The summed E-state index contributed by atoms with van der Waals surface area (Å²) in [7, 11) is 5.97. The molecular formula is C20H22N4O. The van der Waals surface area contributed by atoms with Gasteiger partial charge in [0, 0.05) is 31.9 Å². The number of H-pyrrole nitrogens is 1. The second kappa shape index (κ2) is 5.93. The first-order chi connectivity index (χ1) is 12.0. The summed E-state index contributed by atoms with van der Waals surface area (Å²) >= 11 is 0. The van der Waals surface area contributed by atoms with Crippen LogP contribution in [0.1, 0.15) is 0 Å².